The summed E-state index contributed by atoms with van der Waals surface area (Å²) in [5, 5.41) is 0.559. The smallest absolute Gasteiger partial charge is 0.167 e. The van der Waals surface area contributed by atoms with Gasteiger partial charge in [0.2, 0.25) is 0 Å². The Morgan fingerprint density at radius 3 is 2.24 bits per heavy atom. The fourth-order valence-electron chi connectivity index (χ4n) is 2.08. The van der Waals surface area contributed by atoms with Gasteiger partial charge >= 0.3 is 0 Å². The molecule has 0 radical (unpaired) electrons. The van der Waals surface area contributed by atoms with E-state index in [0.717, 1.165) is 10.0 Å². The molecule has 0 spiro atoms. The zero-order chi connectivity index (χ0) is 15.6. The molecule has 21 heavy (non-hydrogen) atoms. The van der Waals surface area contributed by atoms with Gasteiger partial charge in [0.25, 0.3) is 0 Å². The van der Waals surface area contributed by atoms with Gasteiger partial charge in [0.05, 0.1) is 5.02 Å². The molecule has 0 saturated heterocycles. The molecule has 2 aromatic rings. The normalized spacial score (nSPS) is 11.5. The fourth-order valence-corrected chi connectivity index (χ4v) is 2.51. The van der Waals surface area contributed by atoms with E-state index in [1.54, 1.807) is 18.2 Å². The molecule has 0 amide bonds. The maximum absolute atomic E-state index is 12.3. The predicted molar refractivity (Wildman–Crippen MR) is 92.3 cm³/mol. The van der Waals surface area contributed by atoms with Gasteiger partial charge in [-0.25, -0.2) is 0 Å². The quantitative estimate of drug-likeness (QED) is 0.626. The van der Waals surface area contributed by atoms with Crippen LogP contribution in [0.2, 0.25) is 5.02 Å². The molecule has 110 valence electrons. The molecule has 0 fully saturated rings. The van der Waals surface area contributed by atoms with Gasteiger partial charge in [0.15, 0.2) is 5.78 Å². The predicted octanol–water partition coefficient (Wildman–Crippen LogP) is 5.83. The maximum atomic E-state index is 12.3. The molecular formula is C18H18BrClO. The number of carbonyl (C=O) groups excluding carboxylic acids is 1. The van der Waals surface area contributed by atoms with E-state index < -0.39 is 0 Å². The summed E-state index contributed by atoms with van der Waals surface area (Å²) in [5.74, 6) is 0.0768. The van der Waals surface area contributed by atoms with Crippen molar-refractivity contribution in [3.63, 3.8) is 0 Å². The summed E-state index contributed by atoms with van der Waals surface area (Å²) in [7, 11) is 0. The van der Waals surface area contributed by atoms with Gasteiger partial charge in [0, 0.05) is 16.5 Å². The number of halogens is 2. The second-order valence-electron chi connectivity index (χ2n) is 6.18. The van der Waals surface area contributed by atoms with E-state index in [1.807, 2.05) is 12.1 Å². The van der Waals surface area contributed by atoms with Crippen LogP contribution in [-0.2, 0) is 11.8 Å². The number of carbonyl (C=O) groups is 1. The zero-order valence-corrected chi connectivity index (χ0v) is 14.8. The summed E-state index contributed by atoms with van der Waals surface area (Å²) in [6.07, 6.45) is 0.391. The van der Waals surface area contributed by atoms with Crippen molar-refractivity contribution in [3.8, 4) is 0 Å². The largest absolute Gasteiger partial charge is 0.294 e. The van der Waals surface area contributed by atoms with E-state index in [9.17, 15) is 4.79 Å². The molecule has 0 aliphatic rings. The third-order valence-corrected chi connectivity index (χ3v) is 4.66. The van der Waals surface area contributed by atoms with Gasteiger partial charge in [-0.1, -0.05) is 62.7 Å². The second-order valence-corrected chi connectivity index (χ2v) is 7.44. The number of rotatable bonds is 3. The van der Waals surface area contributed by atoms with Gasteiger partial charge in [-0.15, -0.1) is 0 Å². The minimum absolute atomic E-state index is 0.0768. The van der Waals surface area contributed by atoms with Crippen molar-refractivity contribution in [1.29, 1.82) is 0 Å². The molecule has 1 nitrogen and oxygen atoms in total. The standard InChI is InChI=1S/C18H18BrClO/c1-18(2,3)14-7-4-12(5-8-14)10-17(21)13-6-9-15(19)16(20)11-13/h4-9,11H,10H2,1-3H3. The van der Waals surface area contributed by atoms with E-state index in [4.69, 9.17) is 11.6 Å². The third kappa shape index (κ3) is 4.18. The number of hydrogen-bond donors (Lipinski definition) is 0. The van der Waals surface area contributed by atoms with Gasteiger partial charge < -0.3 is 0 Å². The molecular weight excluding hydrogens is 348 g/mol. The molecule has 0 heterocycles. The van der Waals surface area contributed by atoms with E-state index in [2.05, 4.69) is 48.8 Å². The molecule has 0 saturated carbocycles. The highest BCUT2D eigenvalue weighted by Gasteiger charge is 2.14. The van der Waals surface area contributed by atoms with Crippen LogP contribution in [0.1, 0.15) is 42.3 Å². The lowest BCUT2D eigenvalue weighted by Gasteiger charge is -2.19. The molecule has 0 unspecified atom stereocenters. The van der Waals surface area contributed by atoms with Crippen LogP contribution in [0.4, 0.5) is 0 Å². The second kappa shape index (κ2) is 6.33. The summed E-state index contributed by atoms with van der Waals surface area (Å²) in [6, 6.07) is 13.5. The van der Waals surface area contributed by atoms with Crippen molar-refractivity contribution in [3.05, 3.63) is 68.7 Å². The Bertz CT molecular complexity index is 654. The Hall–Kier alpha value is -1.12. The first-order chi connectivity index (χ1) is 9.77. The summed E-state index contributed by atoms with van der Waals surface area (Å²) in [4.78, 5) is 12.3. The highest BCUT2D eigenvalue weighted by atomic mass is 79.9. The first kappa shape index (κ1) is 16.3. The van der Waals surface area contributed by atoms with Crippen molar-refractivity contribution in [1.82, 2.24) is 0 Å². The summed E-state index contributed by atoms with van der Waals surface area (Å²) in [6.45, 7) is 6.53. The maximum Gasteiger partial charge on any atom is 0.167 e. The SMILES string of the molecule is CC(C)(C)c1ccc(CC(=O)c2ccc(Br)c(Cl)c2)cc1. The highest BCUT2D eigenvalue weighted by Crippen LogP contribution is 2.25. The van der Waals surface area contributed by atoms with Gasteiger partial charge in [-0.2, -0.15) is 0 Å². The minimum Gasteiger partial charge on any atom is -0.294 e. The van der Waals surface area contributed by atoms with Gasteiger partial charge in [-0.05, 0) is 44.6 Å². The van der Waals surface area contributed by atoms with Crippen molar-refractivity contribution in [2.24, 2.45) is 0 Å². The van der Waals surface area contributed by atoms with Crippen molar-refractivity contribution in [2.75, 3.05) is 0 Å². The van der Waals surface area contributed by atoms with E-state index in [1.165, 1.54) is 5.56 Å². The number of ketones is 1. The summed E-state index contributed by atoms with van der Waals surface area (Å²) >= 11 is 9.36. The van der Waals surface area contributed by atoms with Crippen molar-refractivity contribution in [2.45, 2.75) is 32.6 Å². The third-order valence-electron chi connectivity index (χ3n) is 3.43. The average molecular weight is 366 g/mol. The van der Waals surface area contributed by atoms with Crippen LogP contribution in [0.15, 0.2) is 46.9 Å². The molecule has 0 N–H and O–H groups in total. The van der Waals surface area contributed by atoms with Crippen LogP contribution < -0.4 is 0 Å². The average Bonchev–Trinajstić information content (AvgIpc) is 2.41. The number of hydrogen-bond acceptors (Lipinski definition) is 1. The Labute approximate surface area is 139 Å². The fraction of sp³-hybridized carbons (Fsp3) is 0.278. The van der Waals surface area contributed by atoms with Crippen LogP contribution >= 0.6 is 27.5 Å². The molecule has 0 atom stereocenters. The van der Waals surface area contributed by atoms with Gasteiger partial charge in [-0.3, -0.25) is 4.79 Å². The van der Waals surface area contributed by atoms with Crippen LogP contribution in [0, 0.1) is 0 Å². The molecule has 2 rings (SSSR count). The number of Topliss-reactive ketones (excluding diaryl/α,β-unsaturated/α-hetero) is 1. The van der Waals surface area contributed by atoms with Crippen molar-refractivity contribution >= 4 is 33.3 Å². The Kier molecular flexibility index (Phi) is 4.90. The summed E-state index contributed by atoms with van der Waals surface area (Å²) < 4.78 is 0.801. The Morgan fingerprint density at radius 2 is 1.71 bits per heavy atom. The number of benzene rings is 2. The van der Waals surface area contributed by atoms with E-state index >= 15 is 0 Å². The minimum atomic E-state index is 0.0768. The molecule has 3 heteroatoms. The molecule has 0 aliphatic carbocycles. The molecule has 2 aromatic carbocycles. The van der Waals surface area contributed by atoms with Gasteiger partial charge in [0.1, 0.15) is 0 Å². The molecule has 0 aliphatic heterocycles. The van der Waals surface area contributed by atoms with E-state index in [0.29, 0.717) is 17.0 Å². The lowest BCUT2D eigenvalue weighted by Crippen LogP contribution is -2.11. The Morgan fingerprint density at radius 1 is 1.10 bits per heavy atom. The monoisotopic (exact) mass is 364 g/mol. The Balaban J connectivity index is 2.14. The molecule has 0 aromatic heterocycles. The first-order valence-electron chi connectivity index (χ1n) is 6.85. The van der Waals surface area contributed by atoms with Crippen LogP contribution in [0.3, 0.4) is 0 Å². The van der Waals surface area contributed by atoms with Crippen LogP contribution in [0.25, 0.3) is 0 Å². The van der Waals surface area contributed by atoms with E-state index in [-0.39, 0.29) is 11.2 Å². The lowest BCUT2D eigenvalue weighted by atomic mass is 9.86. The lowest BCUT2D eigenvalue weighted by molar-refractivity contribution is 0.0993. The van der Waals surface area contributed by atoms with Crippen molar-refractivity contribution < 1.29 is 4.79 Å². The first-order valence-corrected chi connectivity index (χ1v) is 8.02. The molecule has 0 bridgehead atoms. The highest BCUT2D eigenvalue weighted by molar-refractivity contribution is 9.10. The van der Waals surface area contributed by atoms with Crippen LogP contribution in [0.5, 0.6) is 0 Å². The zero-order valence-electron chi connectivity index (χ0n) is 12.4. The topological polar surface area (TPSA) is 17.1 Å². The summed E-state index contributed by atoms with van der Waals surface area (Å²) in [5.41, 5.74) is 3.06. The van der Waals surface area contributed by atoms with Crippen LogP contribution in [-0.4, -0.2) is 5.78 Å².